The third-order valence-electron chi connectivity index (χ3n) is 6.86. The fraction of sp³-hybridized carbons (Fsp3) is 0.448. The van der Waals surface area contributed by atoms with E-state index in [2.05, 4.69) is 15.5 Å². The van der Waals surface area contributed by atoms with Gasteiger partial charge in [-0.2, -0.15) is 10.2 Å². The van der Waals surface area contributed by atoms with Crippen molar-refractivity contribution in [3.05, 3.63) is 68.4 Å². The number of hydrogen-bond acceptors (Lipinski definition) is 10. The number of carbonyl (C=O) groups is 2. The van der Waals surface area contributed by atoms with Crippen LogP contribution in [0.25, 0.3) is 15.2 Å². The first kappa shape index (κ1) is 35.1. The first-order valence-corrected chi connectivity index (χ1v) is 14.8. The normalized spacial score (nSPS) is 11.4. The Balaban J connectivity index is 0.000000982. The van der Waals surface area contributed by atoms with Gasteiger partial charge in [-0.1, -0.05) is 11.3 Å². The summed E-state index contributed by atoms with van der Waals surface area (Å²) in [5.74, 6) is -0.878. The van der Waals surface area contributed by atoms with Gasteiger partial charge in [-0.3, -0.25) is 24.2 Å². The van der Waals surface area contributed by atoms with Crippen molar-refractivity contribution in [1.29, 1.82) is 0 Å². The van der Waals surface area contributed by atoms with Crippen LogP contribution in [-0.2, 0) is 28.1 Å². The molecule has 3 heterocycles. The second-order valence-corrected chi connectivity index (χ2v) is 11.9. The lowest BCUT2D eigenvalue weighted by atomic mass is 10.0. The summed E-state index contributed by atoms with van der Waals surface area (Å²) in [5, 5.41) is 28.9. The van der Waals surface area contributed by atoms with E-state index in [0.717, 1.165) is 4.57 Å². The third kappa shape index (κ3) is 7.64. The number of ether oxygens (including phenoxy) is 1. The molecule has 4 aromatic rings. The molecule has 14 nitrogen and oxygen atoms in total. The molecule has 3 aromatic heterocycles. The number of aryl methyl sites for hydroxylation is 3. The van der Waals surface area contributed by atoms with Crippen LogP contribution in [0.4, 0.5) is 4.39 Å². The summed E-state index contributed by atoms with van der Waals surface area (Å²) in [7, 11) is 2.71. The van der Waals surface area contributed by atoms with Crippen LogP contribution in [0.1, 0.15) is 48.1 Å². The molecule has 45 heavy (non-hydrogen) atoms. The molecule has 0 aliphatic carbocycles. The number of nitrogens with zero attached hydrogens (tertiary/aromatic N) is 6. The van der Waals surface area contributed by atoms with Crippen molar-refractivity contribution in [2.45, 2.75) is 65.6 Å². The maximum Gasteiger partial charge on any atom is 0.333 e. The van der Waals surface area contributed by atoms with Crippen molar-refractivity contribution in [2.24, 2.45) is 0 Å². The van der Waals surface area contributed by atoms with Gasteiger partial charge < -0.3 is 15.2 Å². The number of aliphatic hydroxyl groups excluding tert-OH is 1. The molecular weight excluding hydrogens is 609 g/mol. The van der Waals surface area contributed by atoms with Crippen molar-refractivity contribution in [3.8, 4) is 10.8 Å². The minimum absolute atomic E-state index is 0. The predicted molar refractivity (Wildman–Crippen MR) is 170 cm³/mol. The van der Waals surface area contributed by atoms with Gasteiger partial charge >= 0.3 is 5.69 Å². The minimum Gasteiger partial charge on any atom is -0.496 e. The van der Waals surface area contributed by atoms with Crippen LogP contribution in [0.2, 0.25) is 0 Å². The smallest absolute Gasteiger partial charge is 0.333 e. The number of aliphatic hydroxyl groups is 1. The van der Waals surface area contributed by atoms with Crippen LogP contribution in [0, 0.1) is 12.7 Å². The Morgan fingerprint density at radius 1 is 1.22 bits per heavy atom. The lowest BCUT2D eigenvalue weighted by Crippen LogP contribution is -2.56. The second-order valence-electron chi connectivity index (χ2n) is 10.9. The molecule has 0 saturated carbocycles. The van der Waals surface area contributed by atoms with Crippen molar-refractivity contribution in [2.75, 3.05) is 20.8 Å². The zero-order chi connectivity index (χ0) is 33.6. The molecule has 0 fully saturated rings. The molecule has 0 spiro atoms. The van der Waals surface area contributed by atoms with E-state index in [1.807, 2.05) is 0 Å². The van der Waals surface area contributed by atoms with Gasteiger partial charge in [-0.15, -0.1) is 4.80 Å². The van der Waals surface area contributed by atoms with Crippen LogP contribution in [-0.4, -0.2) is 78.1 Å². The van der Waals surface area contributed by atoms with E-state index in [4.69, 9.17) is 15.1 Å². The van der Waals surface area contributed by atoms with Crippen molar-refractivity contribution >= 4 is 33.4 Å². The number of carbonyl (C=O) groups excluding carboxylic acids is 2. The first-order valence-electron chi connectivity index (χ1n) is 14.0. The van der Waals surface area contributed by atoms with E-state index >= 15 is 0 Å². The van der Waals surface area contributed by atoms with Crippen LogP contribution in [0.5, 0.6) is 5.75 Å². The number of hydrogen-bond donors (Lipinski definition) is 3. The van der Waals surface area contributed by atoms with Gasteiger partial charge in [0.05, 0.1) is 37.9 Å². The Morgan fingerprint density at radius 3 is 2.40 bits per heavy atom. The highest BCUT2D eigenvalue weighted by Gasteiger charge is 2.35. The highest BCUT2D eigenvalue weighted by molar-refractivity contribution is 7.21. The Bertz CT molecular complexity index is 1790. The van der Waals surface area contributed by atoms with Gasteiger partial charge in [-0.25, -0.2) is 18.8 Å². The Kier molecular flexibility index (Phi) is 11.4. The fourth-order valence-electron chi connectivity index (χ4n) is 4.51. The summed E-state index contributed by atoms with van der Waals surface area (Å²) in [4.78, 5) is 52.9. The van der Waals surface area contributed by atoms with Crippen molar-refractivity contribution < 1.29 is 31.9 Å². The zero-order valence-electron chi connectivity index (χ0n) is 26.2. The van der Waals surface area contributed by atoms with Crippen LogP contribution in [0.15, 0.2) is 40.2 Å². The number of amides is 2. The largest absolute Gasteiger partial charge is 0.496 e. The SMILES string of the molecule is CN(O)C(=O)CCO.COc1ccc(F)cc1CCn1c(=O)n(C(C)(C)C(=O)NC(C)C)c(=O)c2c(C)c(-n3nccn3)sc21.[HH].[HH]. The maximum atomic E-state index is 14.0. The van der Waals surface area contributed by atoms with Crippen LogP contribution < -0.4 is 21.3 Å². The van der Waals surface area contributed by atoms with Gasteiger partial charge in [0.25, 0.3) is 5.56 Å². The first-order chi connectivity index (χ1) is 21.1. The van der Waals surface area contributed by atoms with E-state index in [1.54, 1.807) is 20.8 Å². The molecule has 0 radical (unpaired) electrons. The molecule has 2 amide bonds. The summed E-state index contributed by atoms with van der Waals surface area (Å²) in [6.45, 7) is 8.34. The average Bonchev–Trinajstić information content (AvgIpc) is 3.61. The van der Waals surface area contributed by atoms with Gasteiger partial charge in [-0.05, 0) is 64.8 Å². The Hall–Kier alpha value is -4.41. The number of aromatic nitrogens is 5. The average molecular weight is 652 g/mol. The van der Waals surface area contributed by atoms with E-state index < -0.39 is 34.4 Å². The number of methoxy groups -OCH3 is 1. The molecule has 0 saturated heterocycles. The number of fused-ring (bicyclic) bond motifs is 1. The Labute approximate surface area is 265 Å². The van der Waals surface area contributed by atoms with Crippen molar-refractivity contribution in [3.63, 3.8) is 0 Å². The summed E-state index contributed by atoms with van der Waals surface area (Å²) in [5.41, 5.74) is -1.54. The van der Waals surface area contributed by atoms with Gasteiger partial charge in [0.15, 0.2) is 0 Å². The van der Waals surface area contributed by atoms with Gasteiger partial charge in [0.1, 0.15) is 26.9 Å². The van der Waals surface area contributed by atoms with E-state index in [9.17, 15) is 23.6 Å². The quantitative estimate of drug-likeness (QED) is 0.172. The molecule has 0 bridgehead atoms. The number of thiophene rings is 1. The Morgan fingerprint density at radius 2 is 1.87 bits per heavy atom. The molecule has 1 aromatic carbocycles. The predicted octanol–water partition coefficient (Wildman–Crippen LogP) is 2.47. The summed E-state index contributed by atoms with van der Waals surface area (Å²) in [6.07, 6.45) is 3.27. The number of halogens is 1. The molecule has 0 aliphatic heterocycles. The van der Waals surface area contributed by atoms with Gasteiger partial charge in [0.2, 0.25) is 11.8 Å². The van der Waals surface area contributed by atoms with Crippen LogP contribution in [0.3, 0.4) is 0 Å². The highest BCUT2D eigenvalue weighted by Crippen LogP contribution is 2.31. The molecule has 0 aliphatic rings. The molecule has 3 N–H and O–H groups in total. The van der Waals surface area contributed by atoms with Crippen molar-refractivity contribution in [1.82, 2.24) is 34.5 Å². The number of benzene rings is 1. The monoisotopic (exact) mass is 651 g/mol. The summed E-state index contributed by atoms with van der Waals surface area (Å²) >= 11 is 1.20. The molecular formula is C29H42FN7O7S. The fourth-order valence-corrected chi connectivity index (χ4v) is 5.75. The molecule has 4 rings (SSSR count). The number of rotatable bonds is 10. The second kappa shape index (κ2) is 14.6. The molecule has 0 unspecified atom stereocenters. The molecule has 248 valence electrons. The highest BCUT2D eigenvalue weighted by atomic mass is 32.1. The standard InChI is InChI=1S/C25H29FN6O4S.C4H9NO3.2H2/c1-14(2)29-23(34)25(4,5)31-20(33)19-15(3)21(32-27-10-11-28-32)37-22(19)30(24(31)35)12-9-16-13-17(26)7-8-18(16)36-6;1-5(8)4(7)2-3-6;;/h7-8,10-11,13-14H,9,12H2,1-6H3,(H,29,34);6,8H,2-3H2,1H3;2*1H. The number of nitrogens with one attached hydrogen (secondary N) is 1. The third-order valence-corrected chi connectivity index (χ3v) is 8.14. The summed E-state index contributed by atoms with van der Waals surface area (Å²) in [6, 6.07) is 4.00. The molecule has 0 atom stereocenters. The lowest BCUT2D eigenvalue weighted by molar-refractivity contribution is -0.159. The number of hydroxylamine groups is 2. The lowest BCUT2D eigenvalue weighted by Gasteiger charge is -2.27. The topological polar surface area (TPSA) is 174 Å². The zero-order valence-corrected chi connectivity index (χ0v) is 27.0. The summed E-state index contributed by atoms with van der Waals surface area (Å²) < 4.78 is 21.8. The maximum absolute atomic E-state index is 14.0. The minimum atomic E-state index is -1.48. The van der Waals surface area contributed by atoms with E-state index in [1.165, 1.54) is 79.3 Å². The van der Waals surface area contributed by atoms with E-state index in [0.29, 0.717) is 37.2 Å². The molecule has 16 heteroatoms. The van der Waals surface area contributed by atoms with E-state index in [-0.39, 0.29) is 34.9 Å². The van der Waals surface area contributed by atoms with Gasteiger partial charge in [0, 0.05) is 28.1 Å². The van der Waals surface area contributed by atoms with Crippen LogP contribution >= 0.6 is 11.3 Å².